The summed E-state index contributed by atoms with van der Waals surface area (Å²) in [7, 11) is 0. The highest BCUT2D eigenvalue weighted by molar-refractivity contribution is 6.13. The Bertz CT molecular complexity index is 1400. The molecule has 5 rings (SSSR count). The van der Waals surface area contributed by atoms with Crippen molar-refractivity contribution in [3.8, 4) is 0 Å². The van der Waals surface area contributed by atoms with Gasteiger partial charge < -0.3 is 9.64 Å². The molecule has 1 unspecified atom stereocenters. The van der Waals surface area contributed by atoms with Crippen LogP contribution in [0.15, 0.2) is 97.1 Å². The fourth-order valence-corrected chi connectivity index (χ4v) is 4.83. The molecule has 0 radical (unpaired) electrons. The predicted molar refractivity (Wildman–Crippen MR) is 138 cm³/mol. The minimum Gasteiger partial charge on any atom is -0.444 e. The Morgan fingerprint density at radius 3 is 2.23 bits per heavy atom. The maximum absolute atomic E-state index is 14.5. The molecule has 1 aliphatic heterocycles. The highest BCUT2D eigenvalue weighted by Crippen LogP contribution is 2.47. The van der Waals surface area contributed by atoms with Gasteiger partial charge in [0.15, 0.2) is 5.54 Å². The Balaban J connectivity index is 1.73. The van der Waals surface area contributed by atoms with E-state index in [9.17, 15) is 9.59 Å². The first-order valence-corrected chi connectivity index (χ1v) is 11.7. The zero-order valence-electron chi connectivity index (χ0n) is 20.1. The summed E-state index contributed by atoms with van der Waals surface area (Å²) in [6.07, 6.45) is -0.643. The lowest BCUT2D eigenvalue weighted by Crippen LogP contribution is -2.54. The topological polar surface area (TPSA) is 58.6 Å². The minimum atomic E-state index is -1.44. The second-order valence-corrected chi connectivity index (χ2v) is 9.80. The minimum absolute atomic E-state index is 0.218. The molecule has 0 saturated carbocycles. The first kappa shape index (κ1) is 22.7. The number of hydrogen-bond donors (Lipinski definition) is 1. The summed E-state index contributed by atoms with van der Waals surface area (Å²) in [6.45, 7) is 5.81. The van der Waals surface area contributed by atoms with E-state index in [-0.39, 0.29) is 5.91 Å². The summed E-state index contributed by atoms with van der Waals surface area (Å²) in [5, 5.41) is 4.91. The van der Waals surface area contributed by atoms with Gasteiger partial charge in [0.25, 0.3) is 5.91 Å². The van der Waals surface area contributed by atoms with Crippen LogP contribution in [0.5, 0.6) is 0 Å². The number of carbonyl (C=O) groups is 2. The summed E-state index contributed by atoms with van der Waals surface area (Å²) in [5.41, 5.74) is 1.06. The number of hydrogen-bond acceptors (Lipinski definition) is 3. The molecule has 1 aliphatic rings. The Morgan fingerprint density at radius 1 is 0.829 bits per heavy atom. The molecule has 0 saturated heterocycles. The van der Waals surface area contributed by atoms with Crippen LogP contribution >= 0.6 is 0 Å². The van der Waals surface area contributed by atoms with E-state index in [0.29, 0.717) is 6.54 Å². The lowest BCUT2D eigenvalue weighted by Gasteiger charge is -2.32. The van der Waals surface area contributed by atoms with Gasteiger partial charge in [-0.2, -0.15) is 0 Å². The molecule has 0 aliphatic carbocycles. The van der Waals surface area contributed by atoms with Crippen LogP contribution in [-0.2, 0) is 21.6 Å². The van der Waals surface area contributed by atoms with E-state index in [1.54, 1.807) is 4.90 Å². The molecule has 0 spiro atoms. The first-order valence-electron chi connectivity index (χ1n) is 11.7. The third-order valence-electron chi connectivity index (χ3n) is 6.23. The van der Waals surface area contributed by atoms with E-state index in [1.807, 2.05) is 118 Å². The van der Waals surface area contributed by atoms with Gasteiger partial charge in [0.2, 0.25) is 0 Å². The summed E-state index contributed by atoms with van der Waals surface area (Å²) in [4.78, 5) is 29.5. The Labute approximate surface area is 205 Å². The average molecular weight is 465 g/mol. The van der Waals surface area contributed by atoms with E-state index < -0.39 is 17.2 Å². The van der Waals surface area contributed by atoms with Crippen LogP contribution in [0, 0.1) is 0 Å². The molecule has 1 atom stereocenters. The van der Waals surface area contributed by atoms with Crippen molar-refractivity contribution >= 4 is 28.5 Å². The van der Waals surface area contributed by atoms with Gasteiger partial charge in [0.1, 0.15) is 5.60 Å². The zero-order chi connectivity index (χ0) is 24.6. The van der Waals surface area contributed by atoms with E-state index in [1.165, 1.54) is 0 Å². The van der Waals surface area contributed by atoms with Gasteiger partial charge in [-0.3, -0.25) is 10.1 Å². The number of alkyl carbamates (subject to hydrolysis) is 1. The number of fused-ring (bicyclic) bond motifs is 2. The molecule has 4 aromatic rings. The van der Waals surface area contributed by atoms with Crippen LogP contribution in [0.2, 0.25) is 0 Å². The number of anilines is 1. The highest BCUT2D eigenvalue weighted by atomic mass is 16.6. The fraction of sp³-hybridized carbons (Fsp3) is 0.200. The maximum atomic E-state index is 14.5. The van der Waals surface area contributed by atoms with Crippen molar-refractivity contribution in [3.05, 3.63) is 114 Å². The second kappa shape index (κ2) is 8.58. The van der Waals surface area contributed by atoms with Gasteiger partial charge in [-0.15, -0.1) is 0 Å². The van der Waals surface area contributed by atoms with E-state index in [2.05, 4.69) is 5.32 Å². The molecule has 5 heteroatoms. The summed E-state index contributed by atoms with van der Waals surface area (Å²) < 4.78 is 5.65. The predicted octanol–water partition coefficient (Wildman–Crippen LogP) is 6.15. The fourth-order valence-electron chi connectivity index (χ4n) is 4.83. The third-order valence-corrected chi connectivity index (χ3v) is 6.23. The number of ether oxygens (including phenoxy) is 1. The molecule has 4 aromatic carbocycles. The Kier molecular flexibility index (Phi) is 5.56. The number of nitrogens with zero attached hydrogens (tertiary/aromatic N) is 1. The van der Waals surface area contributed by atoms with Crippen molar-refractivity contribution in [2.75, 3.05) is 4.90 Å². The van der Waals surface area contributed by atoms with E-state index in [0.717, 1.165) is 33.2 Å². The van der Waals surface area contributed by atoms with Gasteiger partial charge in [0.05, 0.1) is 12.2 Å². The molecule has 2 amide bonds. The average Bonchev–Trinajstić information content (AvgIpc) is 3.06. The molecule has 1 N–H and O–H groups in total. The summed E-state index contributed by atoms with van der Waals surface area (Å²) in [6, 6.07) is 31.3. The van der Waals surface area contributed by atoms with Gasteiger partial charge in [-0.25, -0.2) is 4.79 Å². The van der Waals surface area contributed by atoms with Crippen LogP contribution in [-0.4, -0.2) is 17.6 Å². The summed E-state index contributed by atoms with van der Waals surface area (Å²) >= 11 is 0. The number of amides is 2. The standard InChI is InChI=1S/C30H28N2O3/c1-29(2,3)35-28(34)31-30(24-18-11-15-22-14-7-8-16-23(22)24)25-17-9-10-19-26(25)32(27(30)33)20-21-12-5-4-6-13-21/h4-19H,20H2,1-3H3,(H,31,34). The van der Waals surface area contributed by atoms with Crippen molar-refractivity contribution in [1.29, 1.82) is 0 Å². The second-order valence-electron chi connectivity index (χ2n) is 9.80. The van der Waals surface area contributed by atoms with Gasteiger partial charge >= 0.3 is 6.09 Å². The number of rotatable bonds is 4. The largest absolute Gasteiger partial charge is 0.444 e. The van der Waals surface area contributed by atoms with Crippen LogP contribution < -0.4 is 10.2 Å². The van der Waals surface area contributed by atoms with E-state index >= 15 is 0 Å². The first-order chi connectivity index (χ1) is 16.8. The van der Waals surface area contributed by atoms with Gasteiger partial charge in [-0.1, -0.05) is 91.0 Å². The number of carbonyl (C=O) groups excluding carboxylic acids is 2. The highest BCUT2D eigenvalue weighted by Gasteiger charge is 2.54. The molecular weight excluding hydrogens is 436 g/mol. The molecular formula is C30H28N2O3. The van der Waals surface area contributed by atoms with Crippen LogP contribution in [0.3, 0.4) is 0 Å². The molecule has 0 bridgehead atoms. The quantitative estimate of drug-likeness (QED) is 0.394. The monoisotopic (exact) mass is 464 g/mol. The van der Waals surface area contributed by atoms with Crippen LogP contribution in [0.4, 0.5) is 10.5 Å². The smallest absolute Gasteiger partial charge is 0.409 e. The lowest BCUT2D eigenvalue weighted by atomic mass is 9.81. The Hall–Kier alpha value is -4.12. The van der Waals surface area contributed by atoms with E-state index in [4.69, 9.17) is 4.74 Å². The van der Waals surface area contributed by atoms with Crippen molar-refractivity contribution < 1.29 is 14.3 Å². The number of benzene rings is 4. The molecule has 0 aromatic heterocycles. The third kappa shape index (κ3) is 4.03. The van der Waals surface area contributed by atoms with Crippen molar-refractivity contribution in [2.45, 2.75) is 38.5 Å². The van der Waals surface area contributed by atoms with Crippen molar-refractivity contribution in [2.24, 2.45) is 0 Å². The number of para-hydroxylation sites is 1. The number of nitrogens with one attached hydrogen (secondary N) is 1. The molecule has 35 heavy (non-hydrogen) atoms. The molecule has 176 valence electrons. The van der Waals surface area contributed by atoms with Crippen LogP contribution in [0.25, 0.3) is 10.8 Å². The lowest BCUT2D eigenvalue weighted by molar-refractivity contribution is -0.123. The SMILES string of the molecule is CC(C)(C)OC(=O)NC1(c2cccc3ccccc23)C(=O)N(Cc2ccccc2)c2ccccc21. The van der Waals surface area contributed by atoms with Crippen LogP contribution in [0.1, 0.15) is 37.5 Å². The van der Waals surface area contributed by atoms with Crippen molar-refractivity contribution in [3.63, 3.8) is 0 Å². The zero-order valence-corrected chi connectivity index (χ0v) is 20.1. The molecule has 5 nitrogen and oxygen atoms in total. The normalized spacial score (nSPS) is 17.3. The molecule has 0 fully saturated rings. The maximum Gasteiger partial charge on any atom is 0.409 e. The Morgan fingerprint density at radius 2 is 1.46 bits per heavy atom. The summed E-state index contributed by atoms with van der Waals surface area (Å²) in [5.74, 6) is -0.218. The molecule has 1 heterocycles. The van der Waals surface area contributed by atoms with Gasteiger partial charge in [0, 0.05) is 5.56 Å². The van der Waals surface area contributed by atoms with Crippen molar-refractivity contribution in [1.82, 2.24) is 5.32 Å². The van der Waals surface area contributed by atoms with Gasteiger partial charge in [-0.05, 0) is 48.7 Å².